The number of hydrogen-bond acceptors (Lipinski definition) is 3. The lowest BCUT2D eigenvalue weighted by Gasteiger charge is -2.12. The number of phenolic OH excluding ortho intramolecular Hbond substituents is 1. The molecule has 0 bridgehead atoms. The molecule has 1 unspecified atom stereocenters. The number of phenols is 1. The van der Waals surface area contributed by atoms with Crippen LogP contribution in [0.1, 0.15) is 17.3 Å². The summed E-state index contributed by atoms with van der Waals surface area (Å²) in [5.74, 6) is 0.268. The minimum atomic E-state index is -0.171. The molecule has 1 rings (SSSR count). The Morgan fingerprint density at radius 2 is 2.18 bits per heavy atom. The van der Waals surface area contributed by atoms with Crippen LogP contribution in [0, 0.1) is 5.92 Å². The number of carbonyl (C=O) groups excluding carboxylic acids is 1. The summed E-state index contributed by atoms with van der Waals surface area (Å²) in [5.41, 5.74) is 0.461. The molecule has 0 aliphatic rings. The largest absolute Gasteiger partial charge is 0.507 e. The fraction of sp³-hybridized carbons (Fsp3) is 0.417. The van der Waals surface area contributed by atoms with Crippen LogP contribution in [-0.4, -0.2) is 31.2 Å². The highest BCUT2D eigenvalue weighted by Crippen LogP contribution is 2.24. The molecule has 3 N–H and O–H groups in total. The van der Waals surface area contributed by atoms with E-state index in [1.165, 1.54) is 6.07 Å². The van der Waals surface area contributed by atoms with Crippen molar-refractivity contribution in [3.63, 3.8) is 0 Å². The van der Waals surface area contributed by atoms with E-state index >= 15 is 0 Å². The molecule has 0 aliphatic carbocycles. The average molecular weight is 301 g/mol. The van der Waals surface area contributed by atoms with Gasteiger partial charge in [-0.1, -0.05) is 6.92 Å². The highest BCUT2D eigenvalue weighted by molar-refractivity contribution is 9.10. The van der Waals surface area contributed by atoms with E-state index in [4.69, 9.17) is 0 Å². The van der Waals surface area contributed by atoms with Crippen LogP contribution in [0.5, 0.6) is 5.75 Å². The van der Waals surface area contributed by atoms with Gasteiger partial charge in [-0.25, -0.2) is 0 Å². The van der Waals surface area contributed by atoms with Crippen LogP contribution in [0.3, 0.4) is 0 Å². The van der Waals surface area contributed by atoms with Crippen molar-refractivity contribution in [2.75, 3.05) is 20.1 Å². The second-order valence-electron chi connectivity index (χ2n) is 4.04. The molecule has 0 radical (unpaired) electrons. The molecule has 17 heavy (non-hydrogen) atoms. The van der Waals surface area contributed by atoms with Gasteiger partial charge < -0.3 is 15.7 Å². The van der Waals surface area contributed by atoms with Crippen LogP contribution in [-0.2, 0) is 0 Å². The molecule has 0 saturated carbocycles. The topological polar surface area (TPSA) is 61.4 Å². The fourth-order valence-corrected chi connectivity index (χ4v) is 1.69. The van der Waals surface area contributed by atoms with Gasteiger partial charge in [0.25, 0.3) is 5.91 Å². The van der Waals surface area contributed by atoms with Crippen molar-refractivity contribution in [2.45, 2.75) is 6.92 Å². The van der Waals surface area contributed by atoms with Gasteiger partial charge in [0.2, 0.25) is 0 Å². The van der Waals surface area contributed by atoms with Crippen LogP contribution >= 0.6 is 15.9 Å². The first-order valence-corrected chi connectivity index (χ1v) is 6.25. The van der Waals surface area contributed by atoms with Gasteiger partial charge in [0.05, 0.1) is 4.47 Å². The molecule has 0 spiro atoms. The number of halogens is 1. The zero-order valence-corrected chi connectivity index (χ0v) is 11.5. The van der Waals surface area contributed by atoms with Crippen molar-refractivity contribution in [2.24, 2.45) is 5.92 Å². The molecule has 4 nitrogen and oxygen atoms in total. The second kappa shape index (κ2) is 6.61. The number of benzene rings is 1. The standard InChI is InChI=1S/C12H17BrN2O2/c1-8(6-14-2)7-15-12(17)9-3-4-10(13)11(16)5-9/h3-5,8,14,16H,6-7H2,1-2H3,(H,15,17). The summed E-state index contributed by atoms with van der Waals surface area (Å²) in [4.78, 5) is 11.8. The van der Waals surface area contributed by atoms with Gasteiger partial charge in [0.1, 0.15) is 5.75 Å². The van der Waals surface area contributed by atoms with Crippen LogP contribution < -0.4 is 10.6 Å². The van der Waals surface area contributed by atoms with E-state index in [9.17, 15) is 9.90 Å². The number of hydrogen-bond donors (Lipinski definition) is 3. The molecule has 0 aliphatic heterocycles. The molecule has 5 heteroatoms. The normalized spacial score (nSPS) is 12.2. The molecular formula is C12H17BrN2O2. The quantitative estimate of drug-likeness (QED) is 0.776. The highest BCUT2D eigenvalue weighted by atomic mass is 79.9. The molecule has 0 fully saturated rings. The predicted octanol–water partition coefficient (Wildman–Crippen LogP) is 1.74. The highest BCUT2D eigenvalue weighted by Gasteiger charge is 2.09. The summed E-state index contributed by atoms with van der Waals surface area (Å²) < 4.78 is 0.581. The van der Waals surface area contributed by atoms with Crippen LogP contribution in [0.4, 0.5) is 0 Å². The summed E-state index contributed by atoms with van der Waals surface area (Å²) in [6.07, 6.45) is 0. The summed E-state index contributed by atoms with van der Waals surface area (Å²) >= 11 is 3.17. The van der Waals surface area contributed by atoms with Gasteiger partial charge in [-0.2, -0.15) is 0 Å². The van der Waals surface area contributed by atoms with Crippen LogP contribution in [0.2, 0.25) is 0 Å². The number of nitrogens with one attached hydrogen (secondary N) is 2. The Hall–Kier alpha value is -1.07. The summed E-state index contributed by atoms with van der Waals surface area (Å²) in [6, 6.07) is 4.77. The minimum Gasteiger partial charge on any atom is -0.507 e. The van der Waals surface area contributed by atoms with Crippen molar-refractivity contribution in [3.05, 3.63) is 28.2 Å². The minimum absolute atomic E-state index is 0.0703. The van der Waals surface area contributed by atoms with E-state index in [1.54, 1.807) is 12.1 Å². The maximum absolute atomic E-state index is 11.8. The Morgan fingerprint density at radius 3 is 2.76 bits per heavy atom. The molecule has 94 valence electrons. The summed E-state index contributed by atoms with van der Waals surface area (Å²) in [7, 11) is 1.88. The summed E-state index contributed by atoms with van der Waals surface area (Å²) in [5, 5.41) is 15.3. The van der Waals surface area contributed by atoms with E-state index in [2.05, 4.69) is 33.5 Å². The van der Waals surface area contributed by atoms with Gasteiger partial charge >= 0.3 is 0 Å². The van der Waals surface area contributed by atoms with E-state index in [0.717, 1.165) is 6.54 Å². The Bertz CT molecular complexity index is 396. The SMILES string of the molecule is CNCC(C)CNC(=O)c1ccc(Br)c(O)c1. The second-order valence-corrected chi connectivity index (χ2v) is 4.89. The van der Waals surface area contributed by atoms with Crippen LogP contribution in [0.25, 0.3) is 0 Å². The van der Waals surface area contributed by atoms with Crippen LogP contribution in [0.15, 0.2) is 22.7 Å². The number of carbonyl (C=O) groups is 1. The molecule has 0 heterocycles. The predicted molar refractivity (Wildman–Crippen MR) is 71.2 cm³/mol. The third-order valence-electron chi connectivity index (χ3n) is 2.37. The van der Waals surface area contributed by atoms with Crippen molar-refractivity contribution in [1.82, 2.24) is 10.6 Å². The Kier molecular flexibility index (Phi) is 5.44. The monoisotopic (exact) mass is 300 g/mol. The van der Waals surface area contributed by atoms with Crippen molar-refractivity contribution >= 4 is 21.8 Å². The zero-order valence-electron chi connectivity index (χ0n) is 9.96. The molecule has 1 atom stereocenters. The summed E-state index contributed by atoms with van der Waals surface area (Å²) in [6.45, 7) is 3.51. The van der Waals surface area contributed by atoms with Gasteiger partial charge in [-0.3, -0.25) is 4.79 Å². The van der Waals surface area contributed by atoms with Crippen molar-refractivity contribution in [1.29, 1.82) is 0 Å². The molecular weight excluding hydrogens is 284 g/mol. The van der Waals surface area contributed by atoms with E-state index in [1.807, 2.05) is 7.05 Å². The van der Waals surface area contributed by atoms with Gasteiger partial charge in [-0.05, 0) is 53.6 Å². The first kappa shape index (κ1) is 14.0. The van der Waals surface area contributed by atoms with E-state index in [-0.39, 0.29) is 11.7 Å². The average Bonchev–Trinajstić information content (AvgIpc) is 2.30. The molecule has 1 aromatic rings. The van der Waals surface area contributed by atoms with Gasteiger partial charge in [0.15, 0.2) is 0 Å². The molecule has 1 aromatic carbocycles. The zero-order chi connectivity index (χ0) is 12.8. The maximum atomic E-state index is 11.8. The smallest absolute Gasteiger partial charge is 0.251 e. The molecule has 0 saturated heterocycles. The number of rotatable bonds is 5. The van der Waals surface area contributed by atoms with Gasteiger partial charge in [0, 0.05) is 12.1 Å². The Labute approximate surface area is 110 Å². The third kappa shape index (κ3) is 4.36. The lowest BCUT2D eigenvalue weighted by atomic mass is 10.1. The first-order chi connectivity index (χ1) is 8.04. The van der Waals surface area contributed by atoms with Crippen molar-refractivity contribution in [3.8, 4) is 5.75 Å². The Morgan fingerprint density at radius 1 is 1.47 bits per heavy atom. The Balaban J connectivity index is 2.55. The lowest BCUT2D eigenvalue weighted by Crippen LogP contribution is -2.32. The van der Waals surface area contributed by atoms with E-state index < -0.39 is 0 Å². The maximum Gasteiger partial charge on any atom is 0.251 e. The van der Waals surface area contributed by atoms with E-state index in [0.29, 0.717) is 22.5 Å². The lowest BCUT2D eigenvalue weighted by molar-refractivity contribution is 0.0947. The van der Waals surface area contributed by atoms with Gasteiger partial charge in [-0.15, -0.1) is 0 Å². The van der Waals surface area contributed by atoms with Crippen molar-refractivity contribution < 1.29 is 9.90 Å². The molecule has 0 aromatic heterocycles. The first-order valence-electron chi connectivity index (χ1n) is 5.46. The molecule has 1 amide bonds. The third-order valence-corrected chi connectivity index (χ3v) is 3.04. The number of aromatic hydroxyl groups is 1. The number of amides is 1. The fourth-order valence-electron chi connectivity index (χ4n) is 1.44.